The van der Waals surface area contributed by atoms with E-state index in [2.05, 4.69) is 10.6 Å². The quantitative estimate of drug-likeness (QED) is 0.787. The van der Waals surface area contributed by atoms with Crippen LogP contribution >= 0.6 is 12.4 Å². The molecule has 25 heavy (non-hydrogen) atoms. The molecule has 1 saturated heterocycles. The average Bonchev–Trinajstić information content (AvgIpc) is 3.14. The summed E-state index contributed by atoms with van der Waals surface area (Å²) in [5.74, 6) is 2.33. The number of hydrogen-bond acceptors (Lipinski definition) is 3. The summed E-state index contributed by atoms with van der Waals surface area (Å²) in [6.07, 6.45) is 2.73. The molecule has 2 aromatic rings. The molecule has 1 heterocycles. The van der Waals surface area contributed by atoms with E-state index in [1.807, 2.05) is 54.6 Å². The highest BCUT2D eigenvalue weighted by Gasteiger charge is 2.15. The van der Waals surface area contributed by atoms with Gasteiger partial charge in [0, 0.05) is 18.5 Å². The predicted molar refractivity (Wildman–Crippen MR) is 102 cm³/mol. The van der Waals surface area contributed by atoms with Gasteiger partial charge in [0.15, 0.2) is 0 Å². The van der Waals surface area contributed by atoms with Gasteiger partial charge in [0.2, 0.25) is 5.91 Å². The first-order chi connectivity index (χ1) is 11.8. The number of rotatable bonds is 7. The molecule has 0 aliphatic carbocycles. The molecule has 3 rings (SSSR count). The summed E-state index contributed by atoms with van der Waals surface area (Å²) in [5, 5.41) is 6.35. The molecule has 4 nitrogen and oxygen atoms in total. The largest absolute Gasteiger partial charge is 0.457 e. The maximum absolute atomic E-state index is 12.1. The van der Waals surface area contributed by atoms with Gasteiger partial charge in [0.05, 0.1) is 0 Å². The molecule has 0 spiro atoms. The molecule has 1 unspecified atom stereocenters. The fraction of sp³-hybridized carbons (Fsp3) is 0.350. The maximum Gasteiger partial charge on any atom is 0.220 e. The zero-order valence-electron chi connectivity index (χ0n) is 14.2. The zero-order valence-corrected chi connectivity index (χ0v) is 15.1. The topological polar surface area (TPSA) is 50.4 Å². The summed E-state index contributed by atoms with van der Waals surface area (Å²) in [6.45, 7) is 2.61. The SMILES string of the molecule is Cl.O=C(CCC1CCNC1)NCc1ccccc1Oc1ccccc1. The van der Waals surface area contributed by atoms with Crippen LogP contribution in [0.4, 0.5) is 0 Å². The number of para-hydroxylation sites is 2. The normalized spacial score (nSPS) is 16.1. The van der Waals surface area contributed by atoms with Gasteiger partial charge < -0.3 is 15.4 Å². The Bertz CT molecular complexity index is 658. The Morgan fingerprint density at radius 1 is 1.12 bits per heavy atom. The van der Waals surface area contributed by atoms with E-state index < -0.39 is 0 Å². The fourth-order valence-electron chi connectivity index (χ4n) is 2.94. The standard InChI is InChI=1S/C20H24N2O2.ClH/c23-20(11-10-16-12-13-21-14-16)22-15-17-6-4-5-9-19(17)24-18-7-2-1-3-8-18;/h1-9,16,21H,10-15H2,(H,22,23);1H. The summed E-state index contributed by atoms with van der Waals surface area (Å²) in [7, 11) is 0. The highest BCUT2D eigenvalue weighted by atomic mass is 35.5. The average molecular weight is 361 g/mol. The third-order valence-electron chi connectivity index (χ3n) is 4.36. The highest BCUT2D eigenvalue weighted by Crippen LogP contribution is 2.25. The molecule has 0 bridgehead atoms. The first kappa shape index (κ1) is 19.3. The third kappa shape index (κ3) is 6.07. The van der Waals surface area contributed by atoms with Crippen LogP contribution in [0.3, 0.4) is 0 Å². The first-order valence-corrected chi connectivity index (χ1v) is 8.59. The second-order valence-electron chi connectivity index (χ2n) is 6.20. The van der Waals surface area contributed by atoms with Crippen molar-refractivity contribution in [2.45, 2.75) is 25.8 Å². The van der Waals surface area contributed by atoms with E-state index in [4.69, 9.17) is 4.74 Å². The van der Waals surface area contributed by atoms with Gasteiger partial charge in [0.25, 0.3) is 0 Å². The molecule has 2 aromatic carbocycles. The molecule has 1 fully saturated rings. The van der Waals surface area contributed by atoms with E-state index in [0.717, 1.165) is 36.6 Å². The van der Waals surface area contributed by atoms with E-state index >= 15 is 0 Å². The Labute approximate surface area is 155 Å². The van der Waals surface area contributed by atoms with Crippen LogP contribution in [0.25, 0.3) is 0 Å². The van der Waals surface area contributed by atoms with Crippen molar-refractivity contribution < 1.29 is 9.53 Å². The Hall–Kier alpha value is -2.04. The van der Waals surface area contributed by atoms with E-state index in [9.17, 15) is 4.79 Å². The van der Waals surface area contributed by atoms with Crippen LogP contribution in [0, 0.1) is 5.92 Å². The molecule has 1 aliphatic heterocycles. The number of hydrogen-bond donors (Lipinski definition) is 2. The third-order valence-corrected chi connectivity index (χ3v) is 4.36. The summed E-state index contributed by atoms with van der Waals surface area (Å²) in [4.78, 5) is 12.1. The minimum Gasteiger partial charge on any atom is -0.457 e. The summed E-state index contributed by atoms with van der Waals surface area (Å²) in [5.41, 5.74) is 0.984. The van der Waals surface area contributed by atoms with Gasteiger partial charge in [-0.1, -0.05) is 36.4 Å². The van der Waals surface area contributed by atoms with Gasteiger partial charge in [-0.05, 0) is 50.0 Å². The van der Waals surface area contributed by atoms with Crippen LogP contribution in [0.2, 0.25) is 0 Å². The van der Waals surface area contributed by atoms with Gasteiger partial charge in [0.1, 0.15) is 11.5 Å². The van der Waals surface area contributed by atoms with Gasteiger partial charge in [-0.3, -0.25) is 4.79 Å². The number of nitrogens with one attached hydrogen (secondary N) is 2. The van der Waals surface area contributed by atoms with Crippen molar-refractivity contribution >= 4 is 18.3 Å². The highest BCUT2D eigenvalue weighted by molar-refractivity contribution is 5.85. The van der Waals surface area contributed by atoms with Gasteiger partial charge in [-0.2, -0.15) is 0 Å². The minimum atomic E-state index is 0. The van der Waals surface area contributed by atoms with Crippen molar-refractivity contribution in [2.24, 2.45) is 5.92 Å². The summed E-state index contributed by atoms with van der Waals surface area (Å²) < 4.78 is 5.92. The Balaban J connectivity index is 0.00000225. The molecule has 0 aromatic heterocycles. The lowest BCUT2D eigenvalue weighted by Gasteiger charge is -2.12. The molecular weight excluding hydrogens is 336 g/mol. The molecule has 0 saturated carbocycles. The molecule has 134 valence electrons. The number of amides is 1. The zero-order chi connectivity index (χ0) is 16.6. The van der Waals surface area contributed by atoms with Crippen molar-refractivity contribution in [3.8, 4) is 11.5 Å². The van der Waals surface area contributed by atoms with Crippen molar-refractivity contribution in [3.05, 3.63) is 60.2 Å². The van der Waals surface area contributed by atoms with Crippen molar-refractivity contribution in [3.63, 3.8) is 0 Å². The Morgan fingerprint density at radius 2 is 1.88 bits per heavy atom. The van der Waals surface area contributed by atoms with Gasteiger partial charge >= 0.3 is 0 Å². The lowest BCUT2D eigenvalue weighted by molar-refractivity contribution is -0.121. The number of halogens is 1. The molecule has 1 aliphatic rings. The number of benzene rings is 2. The molecule has 2 N–H and O–H groups in total. The van der Waals surface area contributed by atoms with Crippen molar-refractivity contribution in [2.75, 3.05) is 13.1 Å². The number of carbonyl (C=O) groups is 1. The van der Waals surface area contributed by atoms with E-state index in [1.165, 1.54) is 6.42 Å². The Morgan fingerprint density at radius 3 is 2.64 bits per heavy atom. The van der Waals surface area contributed by atoms with Crippen LogP contribution in [0.15, 0.2) is 54.6 Å². The van der Waals surface area contributed by atoms with Crippen LogP contribution < -0.4 is 15.4 Å². The smallest absolute Gasteiger partial charge is 0.220 e. The monoisotopic (exact) mass is 360 g/mol. The fourth-order valence-corrected chi connectivity index (χ4v) is 2.94. The minimum absolute atomic E-state index is 0. The maximum atomic E-state index is 12.1. The summed E-state index contributed by atoms with van der Waals surface area (Å²) in [6, 6.07) is 17.5. The van der Waals surface area contributed by atoms with Gasteiger partial charge in [-0.25, -0.2) is 0 Å². The predicted octanol–water partition coefficient (Wildman–Crippen LogP) is 3.91. The lowest BCUT2D eigenvalue weighted by Crippen LogP contribution is -2.23. The summed E-state index contributed by atoms with van der Waals surface area (Å²) >= 11 is 0. The van der Waals surface area contributed by atoms with Crippen LogP contribution in [-0.4, -0.2) is 19.0 Å². The first-order valence-electron chi connectivity index (χ1n) is 8.59. The lowest BCUT2D eigenvalue weighted by atomic mass is 10.0. The molecular formula is C20H25ClN2O2. The Kier molecular flexibility index (Phi) is 7.76. The van der Waals surface area contributed by atoms with Crippen LogP contribution in [0.5, 0.6) is 11.5 Å². The van der Waals surface area contributed by atoms with Gasteiger partial charge in [-0.15, -0.1) is 12.4 Å². The second kappa shape index (κ2) is 10.1. The van der Waals surface area contributed by atoms with E-state index in [0.29, 0.717) is 18.9 Å². The number of carbonyl (C=O) groups excluding carboxylic acids is 1. The molecule has 5 heteroatoms. The number of ether oxygens (including phenoxy) is 1. The van der Waals surface area contributed by atoms with E-state index in [-0.39, 0.29) is 18.3 Å². The van der Waals surface area contributed by atoms with Crippen molar-refractivity contribution in [1.82, 2.24) is 10.6 Å². The molecule has 1 amide bonds. The van der Waals surface area contributed by atoms with E-state index in [1.54, 1.807) is 0 Å². The molecule has 1 atom stereocenters. The second-order valence-corrected chi connectivity index (χ2v) is 6.20. The van der Waals surface area contributed by atoms with Crippen molar-refractivity contribution in [1.29, 1.82) is 0 Å². The van der Waals surface area contributed by atoms with Crippen LogP contribution in [0.1, 0.15) is 24.8 Å². The molecule has 0 radical (unpaired) electrons. The van der Waals surface area contributed by atoms with Crippen LogP contribution in [-0.2, 0) is 11.3 Å².